The van der Waals surface area contributed by atoms with E-state index in [1.807, 2.05) is 11.7 Å². The van der Waals surface area contributed by atoms with Gasteiger partial charge in [-0.15, -0.1) is 0 Å². The highest BCUT2D eigenvalue weighted by molar-refractivity contribution is 6.31. The van der Waals surface area contributed by atoms with E-state index in [0.717, 1.165) is 54.9 Å². The summed E-state index contributed by atoms with van der Waals surface area (Å²) in [4.78, 5) is 2.51. The summed E-state index contributed by atoms with van der Waals surface area (Å²) in [5, 5.41) is 8.93. The van der Waals surface area contributed by atoms with Crippen LogP contribution in [0.5, 0.6) is 0 Å². The summed E-state index contributed by atoms with van der Waals surface area (Å²) in [5.74, 6) is 0.817. The summed E-state index contributed by atoms with van der Waals surface area (Å²) in [5.41, 5.74) is 2.18. The first-order valence-electron chi connectivity index (χ1n) is 8.17. The summed E-state index contributed by atoms with van der Waals surface area (Å²) in [7, 11) is 2.00. The minimum absolute atomic E-state index is 0.587. The summed E-state index contributed by atoms with van der Waals surface area (Å²) in [6.45, 7) is 10.9. The molecule has 2 heterocycles. The van der Waals surface area contributed by atoms with Crippen LogP contribution in [-0.2, 0) is 20.0 Å². The molecule has 5 heteroatoms. The Bertz CT molecular complexity index is 447. The van der Waals surface area contributed by atoms with Crippen molar-refractivity contribution in [3.05, 3.63) is 16.4 Å². The second-order valence-corrected chi connectivity index (χ2v) is 6.84. The fourth-order valence-electron chi connectivity index (χ4n) is 2.95. The average Bonchev–Trinajstić information content (AvgIpc) is 2.74. The maximum Gasteiger partial charge on any atom is 0.0863 e. The van der Waals surface area contributed by atoms with E-state index in [4.69, 9.17) is 11.6 Å². The molecule has 1 saturated heterocycles. The van der Waals surface area contributed by atoms with E-state index in [1.165, 1.54) is 12.8 Å². The molecular weight excluding hydrogens is 284 g/mol. The highest BCUT2D eigenvalue weighted by Crippen LogP contribution is 2.24. The molecule has 0 aromatic carbocycles. The van der Waals surface area contributed by atoms with Gasteiger partial charge in [0.25, 0.3) is 0 Å². The lowest BCUT2D eigenvalue weighted by molar-refractivity contribution is 0.171. The highest BCUT2D eigenvalue weighted by atomic mass is 35.5. The number of rotatable bonds is 6. The van der Waals surface area contributed by atoms with Crippen LogP contribution in [0.1, 0.15) is 45.0 Å². The van der Waals surface area contributed by atoms with Crippen LogP contribution in [0.3, 0.4) is 0 Å². The van der Waals surface area contributed by atoms with Gasteiger partial charge >= 0.3 is 0 Å². The van der Waals surface area contributed by atoms with Crippen molar-refractivity contribution in [2.75, 3.05) is 19.6 Å². The molecular formula is C16H29ClN4. The molecule has 2 rings (SSSR count). The predicted octanol–water partition coefficient (Wildman–Crippen LogP) is 2.85. The Morgan fingerprint density at radius 2 is 2.00 bits per heavy atom. The van der Waals surface area contributed by atoms with Gasteiger partial charge in [-0.2, -0.15) is 5.10 Å². The van der Waals surface area contributed by atoms with Gasteiger partial charge < -0.3 is 5.32 Å². The third kappa shape index (κ3) is 4.44. The minimum Gasteiger partial charge on any atom is -0.314 e. The van der Waals surface area contributed by atoms with E-state index < -0.39 is 0 Å². The lowest BCUT2D eigenvalue weighted by Crippen LogP contribution is -2.38. The Morgan fingerprint density at radius 1 is 1.33 bits per heavy atom. The summed E-state index contributed by atoms with van der Waals surface area (Å²) in [6, 6.07) is 0.587. The quantitative estimate of drug-likeness (QED) is 0.877. The normalized spacial score (nSPS) is 17.8. The van der Waals surface area contributed by atoms with Gasteiger partial charge in [-0.3, -0.25) is 9.58 Å². The summed E-state index contributed by atoms with van der Waals surface area (Å²) >= 11 is 6.44. The van der Waals surface area contributed by atoms with E-state index in [0.29, 0.717) is 6.04 Å². The highest BCUT2D eigenvalue weighted by Gasteiger charge is 2.22. The molecule has 21 heavy (non-hydrogen) atoms. The van der Waals surface area contributed by atoms with Crippen molar-refractivity contribution in [2.24, 2.45) is 13.0 Å². The van der Waals surface area contributed by atoms with Crippen molar-refractivity contribution >= 4 is 11.6 Å². The molecule has 0 saturated carbocycles. The van der Waals surface area contributed by atoms with Gasteiger partial charge in [0, 0.05) is 19.6 Å². The van der Waals surface area contributed by atoms with Crippen molar-refractivity contribution in [1.82, 2.24) is 20.0 Å². The van der Waals surface area contributed by atoms with E-state index in [-0.39, 0.29) is 0 Å². The molecule has 1 aliphatic rings. The molecule has 0 aliphatic carbocycles. The maximum absolute atomic E-state index is 6.44. The SMILES string of the molecule is CCc1nn(C)c(CN2CCC(CNC(C)C)CC2)c1Cl. The number of aromatic nitrogens is 2. The van der Waals surface area contributed by atoms with Crippen LogP contribution in [-0.4, -0.2) is 40.4 Å². The lowest BCUT2D eigenvalue weighted by Gasteiger charge is -2.32. The summed E-state index contributed by atoms with van der Waals surface area (Å²) in [6.07, 6.45) is 3.45. The first-order valence-corrected chi connectivity index (χ1v) is 8.55. The first-order chi connectivity index (χ1) is 10.0. The molecule has 0 unspecified atom stereocenters. The van der Waals surface area contributed by atoms with Crippen LogP contribution >= 0.6 is 11.6 Å². The van der Waals surface area contributed by atoms with Crippen molar-refractivity contribution < 1.29 is 0 Å². The van der Waals surface area contributed by atoms with Gasteiger partial charge in [-0.05, 0) is 44.8 Å². The van der Waals surface area contributed by atoms with E-state index >= 15 is 0 Å². The second kappa shape index (κ2) is 7.61. The fraction of sp³-hybridized carbons (Fsp3) is 0.812. The number of nitrogens with zero attached hydrogens (tertiary/aromatic N) is 3. The number of hydrogen-bond acceptors (Lipinski definition) is 3. The van der Waals surface area contributed by atoms with Crippen molar-refractivity contribution in [1.29, 1.82) is 0 Å². The van der Waals surface area contributed by atoms with Crippen LogP contribution < -0.4 is 5.32 Å². The van der Waals surface area contributed by atoms with Crippen molar-refractivity contribution in [2.45, 2.75) is 52.6 Å². The molecule has 0 atom stereocenters. The molecule has 4 nitrogen and oxygen atoms in total. The lowest BCUT2D eigenvalue weighted by atomic mass is 9.96. The zero-order chi connectivity index (χ0) is 15.4. The fourth-order valence-corrected chi connectivity index (χ4v) is 3.31. The average molecular weight is 313 g/mol. The Labute approximate surface area is 133 Å². The van der Waals surface area contributed by atoms with Gasteiger partial charge in [0.2, 0.25) is 0 Å². The topological polar surface area (TPSA) is 33.1 Å². The molecule has 1 aromatic heterocycles. The summed E-state index contributed by atoms with van der Waals surface area (Å²) < 4.78 is 1.95. The second-order valence-electron chi connectivity index (χ2n) is 6.47. The van der Waals surface area contributed by atoms with Gasteiger partial charge in [0.1, 0.15) is 0 Å². The Kier molecular flexibility index (Phi) is 6.08. The van der Waals surface area contributed by atoms with Gasteiger partial charge in [0.15, 0.2) is 0 Å². The Morgan fingerprint density at radius 3 is 2.52 bits per heavy atom. The largest absolute Gasteiger partial charge is 0.314 e. The zero-order valence-electron chi connectivity index (χ0n) is 13.8. The Hall–Kier alpha value is -0.580. The van der Waals surface area contributed by atoms with E-state index in [1.54, 1.807) is 0 Å². The molecule has 1 aliphatic heterocycles. The van der Waals surface area contributed by atoms with E-state index in [9.17, 15) is 0 Å². The Balaban J connectivity index is 1.85. The van der Waals surface area contributed by atoms with Gasteiger partial charge in [-0.1, -0.05) is 32.4 Å². The molecule has 0 amide bonds. The molecule has 1 fully saturated rings. The number of nitrogens with one attached hydrogen (secondary N) is 1. The van der Waals surface area contributed by atoms with Gasteiger partial charge in [-0.25, -0.2) is 0 Å². The van der Waals surface area contributed by atoms with Crippen molar-refractivity contribution in [3.63, 3.8) is 0 Å². The number of piperidine rings is 1. The molecule has 1 N–H and O–H groups in total. The van der Waals surface area contributed by atoms with Crippen LogP contribution in [0, 0.1) is 5.92 Å². The molecule has 0 spiro atoms. The van der Waals surface area contributed by atoms with E-state index in [2.05, 4.69) is 36.1 Å². The third-order valence-corrected chi connectivity index (χ3v) is 4.83. The number of halogens is 1. The molecule has 0 bridgehead atoms. The predicted molar refractivity (Wildman–Crippen MR) is 88.7 cm³/mol. The first kappa shape index (κ1) is 16.8. The molecule has 120 valence electrons. The third-order valence-electron chi connectivity index (χ3n) is 4.40. The molecule has 0 radical (unpaired) electrons. The number of hydrogen-bond donors (Lipinski definition) is 1. The van der Waals surface area contributed by atoms with Crippen LogP contribution in [0.4, 0.5) is 0 Å². The molecule has 1 aromatic rings. The number of likely N-dealkylation sites (tertiary alicyclic amines) is 1. The van der Waals surface area contributed by atoms with Crippen LogP contribution in [0.25, 0.3) is 0 Å². The van der Waals surface area contributed by atoms with Crippen LogP contribution in [0.15, 0.2) is 0 Å². The van der Waals surface area contributed by atoms with Gasteiger partial charge in [0.05, 0.1) is 16.4 Å². The smallest absolute Gasteiger partial charge is 0.0863 e. The standard InChI is InChI=1S/C16H29ClN4/c1-5-14-16(17)15(20(4)19-14)11-21-8-6-13(7-9-21)10-18-12(2)3/h12-13,18H,5-11H2,1-4H3. The van der Waals surface area contributed by atoms with Crippen molar-refractivity contribution in [3.8, 4) is 0 Å². The maximum atomic E-state index is 6.44. The monoisotopic (exact) mass is 312 g/mol. The number of aryl methyl sites for hydroxylation is 2. The minimum atomic E-state index is 0.587. The zero-order valence-corrected chi connectivity index (χ0v) is 14.6. The van der Waals surface area contributed by atoms with Crippen LogP contribution in [0.2, 0.25) is 5.02 Å².